The van der Waals surface area contributed by atoms with Gasteiger partial charge in [-0.05, 0) is 83.6 Å². The van der Waals surface area contributed by atoms with Gasteiger partial charge in [-0.3, -0.25) is 46.5 Å². The second kappa shape index (κ2) is 37.6. The van der Waals surface area contributed by atoms with Gasteiger partial charge in [-0.15, -0.1) is 22.0 Å². The van der Waals surface area contributed by atoms with E-state index < -0.39 is 218 Å². The van der Waals surface area contributed by atoms with Crippen LogP contribution in [0.1, 0.15) is 55.8 Å². The molecular formula is C67H76F4N24O28P6S6. The van der Waals surface area contributed by atoms with Crippen molar-refractivity contribution in [3.8, 4) is 0 Å². The third-order valence-electron chi connectivity index (χ3n) is 22.7. The third kappa shape index (κ3) is 19.4. The number of aromatic amines is 3. The van der Waals surface area contributed by atoms with E-state index in [0.717, 1.165) is 21.1 Å². The summed E-state index contributed by atoms with van der Waals surface area (Å²) in [6.45, 7) is -23.6. The van der Waals surface area contributed by atoms with Gasteiger partial charge in [-0.2, -0.15) is 9.67 Å². The summed E-state index contributed by atoms with van der Waals surface area (Å²) in [4.78, 5) is 124. The van der Waals surface area contributed by atoms with E-state index in [-0.39, 0.29) is 95.4 Å². The molecule has 6 bridgehead atoms. The highest BCUT2D eigenvalue weighted by Crippen LogP contribution is 2.62. The number of fused-ring (bicyclic) bond motifs is 15. The van der Waals surface area contributed by atoms with Crippen LogP contribution in [0.15, 0.2) is 107 Å². The van der Waals surface area contributed by atoms with Crippen LogP contribution in [-0.2, 0) is 134 Å². The molecule has 0 radical (unpaired) electrons. The fourth-order valence-corrected chi connectivity index (χ4v) is 26.5. The molecule has 19 N–H and O–H groups in total. The quantitative estimate of drug-likeness (QED) is 0.0628. The summed E-state index contributed by atoms with van der Waals surface area (Å²) in [5.41, 5.74) is 30.3. The SMILES string of the molecule is Nc1cc2c(ncn2[C@@H]2O[C@@H]3COP(O)(=S)O[C@H]4[C@H](F)[C@H](n5ccc6c(N)ccnc65)O[C@@H]4CCOP(=O)(S)O[C@@H]2[C@@H]3F)c(=O)[nH]1.Nc1ccnc2c1ccn2[C@@H]1O[C@@H]2CCOP(O)(=S)O[C@@H]3C[C@@H](COP(O)(=S)O[C@H]2[C@@H]1F)O[C@H]3n1cnc2c(=O)[nH]ccc21.Nc1nc2c(nnn2[C@@H]2S[C@@H]3COP(=O)(O)O[C@H]4[C@H](F)[C@H](n5nnc6c(N)ccnc65)O[C@@H]4COP(O)(=S)O[C@@H]2[C@@H]3O)c(=O)[nH]1. The molecule has 726 valence electrons. The van der Waals surface area contributed by atoms with Crippen LogP contribution in [0.3, 0.4) is 0 Å². The zero-order valence-corrected chi connectivity index (χ0v) is 78.5. The number of nitrogens with zero attached hydrogens (tertiary/aromatic N) is 16. The van der Waals surface area contributed by atoms with E-state index >= 15 is 17.6 Å². The van der Waals surface area contributed by atoms with Gasteiger partial charge in [0.05, 0.1) is 98.7 Å². The van der Waals surface area contributed by atoms with Crippen molar-refractivity contribution in [3.05, 3.63) is 123 Å². The van der Waals surface area contributed by atoms with Crippen molar-refractivity contribution in [2.75, 3.05) is 68.3 Å². The van der Waals surface area contributed by atoms with E-state index in [4.69, 9.17) is 154 Å². The Balaban J connectivity index is 0.000000130. The van der Waals surface area contributed by atoms with Gasteiger partial charge in [0.15, 0.2) is 89.2 Å². The Labute approximate surface area is 781 Å². The maximum Gasteiger partial charge on any atom is 0.472 e. The summed E-state index contributed by atoms with van der Waals surface area (Å²) >= 11 is 25.9. The molecule has 0 amide bonds. The number of rotatable bonds is 6. The van der Waals surface area contributed by atoms with Crippen LogP contribution in [0.25, 0.3) is 66.5 Å². The minimum atomic E-state index is -5.05. The first-order valence-corrected chi connectivity index (χ1v) is 55.6. The Hall–Kier alpha value is -7.39. The van der Waals surface area contributed by atoms with Crippen LogP contribution in [0, 0.1) is 0 Å². The first kappa shape index (κ1) is 96.5. The maximum absolute atomic E-state index is 16.1. The molecule has 0 spiro atoms. The molecule has 9 fully saturated rings. The van der Waals surface area contributed by atoms with Crippen LogP contribution < -0.4 is 45.3 Å². The molecule has 12 aromatic rings. The van der Waals surface area contributed by atoms with E-state index in [1.807, 2.05) is 0 Å². The van der Waals surface area contributed by atoms with Crippen molar-refractivity contribution in [2.24, 2.45) is 0 Å². The molecule has 21 rings (SSSR count). The third-order valence-corrected chi connectivity index (χ3v) is 33.2. The summed E-state index contributed by atoms with van der Waals surface area (Å²) in [7, 11) is -5.05. The number of thioether (sulfide) groups is 1. The number of aliphatic hydroxyl groups is 1. The molecular weight excluding hydrogens is 2040 g/mol. The number of aliphatic hydroxyl groups excluding tert-OH is 1. The van der Waals surface area contributed by atoms with Crippen molar-refractivity contribution in [1.29, 1.82) is 0 Å². The molecule has 9 saturated heterocycles. The van der Waals surface area contributed by atoms with Crippen LogP contribution in [0.4, 0.5) is 46.4 Å². The monoisotopic (exact) mass is 2120 g/mol. The lowest BCUT2D eigenvalue weighted by molar-refractivity contribution is -0.0511. The van der Waals surface area contributed by atoms with Crippen LogP contribution >= 0.6 is 65.5 Å². The van der Waals surface area contributed by atoms with Crippen molar-refractivity contribution < 1.29 is 134 Å². The summed E-state index contributed by atoms with van der Waals surface area (Å²) in [6.07, 6.45) is -18.6. The Kier molecular flexibility index (Phi) is 26.8. The Bertz CT molecular complexity index is 7080. The number of hydrogen-bond donors (Lipinski definition) is 15. The van der Waals surface area contributed by atoms with E-state index in [0.29, 0.717) is 39.0 Å². The van der Waals surface area contributed by atoms with Gasteiger partial charge in [-0.1, -0.05) is 22.7 Å². The summed E-state index contributed by atoms with van der Waals surface area (Å²) in [5.74, 6) is -0.251. The largest absolute Gasteiger partial charge is 0.472 e. The van der Waals surface area contributed by atoms with Crippen LogP contribution in [-0.4, -0.2) is 266 Å². The normalized spacial score (nSPS) is 37.3. The Morgan fingerprint density at radius 2 is 1.01 bits per heavy atom. The van der Waals surface area contributed by atoms with E-state index in [1.54, 1.807) is 47.3 Å². The molecule has 52 nitrogen and oxygen atoms in total. The number of nitrogen functional groups attached to an aromatic ring is 5. The van der Waals surface area contributed by atoms with Gasteiger partial charge in [-0.25, -0.2) is 56.3 Å². The number of halogens is 4. The lowest BCUT2D eigenvalue weighted by Gasteiger charge is -2.27. The number of thiol groups is 1. The van der Waals surface area contributed by atoms with Crippen molar-refractivity contribution in [2.45, 2.75) is 159 Å². The second-order valence-corrected chi connectivity index (χ2v) is 48.1. The molecule has 12 aromatic heterocycles. The van der Waals surface area contributed by atoms with Crippen LogP contribution in [0.2, 0.25) is 0 Å². The van der Waals surface area contributed by atoms with Gasteiger partial charge in [0.25, 0.3) is 16.7 Å². The van der Waals surface area contributed by atoms with E-state index in [1.165, 1.54) is 63.3 Å². The van der Waals surface area contributed by atoms with Gasteiger partial charge >= 0.3 is 41.5 Å². The zero-order valence-electron chi connectivity index (χ0n) is 68.2. The predicted octanol–water partition coefficient (Wildman–Crippen LogP) is 4.26. The maximum atomic E-state index is 16.1. The second-order valence-electron chi connectivity index (χ2n) is 31.3. The van der Waals surface area contributed by atoms with Crippen LogP contribution in [0.5, 0.6) is 0 Å². The molecule has 0 saturated carbocycles. The van der Waals surface area contributed by atoms with Crippen molar-refractivity contribution in [1.82, 2.24) is 93.1 Å². The minimum absolute atomic E-state index is 0.00219. The number of nitrogens with two attached hydrogens (primary N) is 5. The molecule has 21 heterocycles. The van der Waals surface area contributed by atoms with Gasteiger partial charge < -0.3 is 137 Å². The molecule has 135 heavy (non-hydrogen) atoms. The number of nitrogens with one attached hydrogen (secondary N) is 3. The molecule has 9 aliphatic heterocycles. The fourth-order valence-electron chi connectivity index (χ4n) is 16.6. The first-order valence-electron chi connectivity index (χ1n) is 40.1. The topological polar surface area (TPSA) is 700 Å². The molecule has 29 atom stereocenters. The van der Waals surface area contributed by atoms with E-state index in [2.05, 4.69) is 77.7 Å². The van der Waals surface area contributed by atoms with Crippen molar-refractivity contribution >= 4 is 208 Å². The average Bonchev–Trinajstić information content (AvgIpc) is 1.60. The predicted molar refractivity (Wildman–Crippen MR) is 480 cm³/mol. The van der Waals surface area contributed by atoms with Gasteiger partial charge in [0.1, 0.15) is 71.3 Å². The molecule has 0 aromatic carbocycles. The molecule has 68 heteroatoms. The van der Waals surface area contributed by atoms with Crippen molar-refractivity contribution in [3.63, 3.8) is 0 Å². The molecule has 9 aliphatic rings. The first-order chi connectivity index (χ1) is 64.1. The fraction of sp³-hybridized carbons (Fsp3) is 0.478. The smallest absolute Gasteiger partial charge is 0.398 e. The Morgan fingerprint density at radius 3 is 1.67 bits per heavy atom. The lowest BCUT2D eigenvalue weighted by Crippen LogP contribution is -2.35. The molecule has 6 unspecified atom stereocenters. The number of phosphoric acid groups is 1. The summed E-state index contributed by atoms with van der Waals surface area (Å²) < 4.78 is 195. The van der Waals surface area contributed by atoms with Gasteiger partial charge in [0, 0.05) is 84.7 Å². The number of pyridine rings is 5. The average molecular weight is 2120 g/mol. The van der Waals surface area contributed by atoms with Gasteiger partial charge in [0.2, 0.25) is 5.95 Å². The number of phosphoric ester groups is 1. The standard InChI is InChI=1S/C24H27F2N7O9P2S2.C24H27FN6O9P2S2.C19H22FN11O10P2S2/c25-16-14-8-38-44(36,46)41-19-13(39-23(17(19)26)32-5-2-10-11(27)1-4-29-21(10)32)3-6-37-43(35,45)42-20(16)24(40-14)33-9-30-18-12(33)7-15(28)31-22(18)34;25-18-20-16(38-24(18)30-7-3-13-14(26)1-5-27-21(13)30)4-8-35-41(33,43)39-17-9-12(10-36-42(34,44)40-20)37-23(17)31-11-29-19-15(31)2-6-28-22(19)32;20-8-12-6(39-17(8)30-14-9(26-28-30)5(21)1-2-23-14)3-38-43(36,44)41-13-11(32)7(4-37-42(34,35)40-12)45-18(13)31-15-10(27-29-31)16(33)25-19(22)24-15/h1-2,4-5,7,9,13-14,16-17,19-20,23-24H,3,6,8H2,(H2,27,29)(H,35,45)(H,36,46)(H3,28,31,34);1-3,5-7,11-12,16-18,20,23-24H,4,8-10H2,(H2,26,27)(H,28,32)(H,33,43)(H,34,44);1-2,6-8,11-13,17-18,32H,3-4H2,(H2,21,23)(H,34,35)(H,36,44)(H3,22,24,25,33)/t13-,14-,16-,17+,19-,20-,23-,24-,43?,44?;12-,16+,17+,18-,20+,23+,24+,41?,42?;6-,7-,8+,11-,12-,13-,17-,18-,43?/m101/s1. The minimum Gasteiger partial charge on any atom is -0.398 e. The van der Waals surface area contributed by atoms with E-state index in [9.17, 15) is 53.1 Å². The molecule has 0 aliphatic carbocycles. The highest BCUT2D eigenvalue weighted by Gasteiger charge is 2.58. The number of alkyl halides is 4. The number of anilines is 5. The lowest BCUT2D eigenvalue weighted by atomic mass is 10.1. The number of ether oxygens (including phenoxy) is 5. The summed E-state index contributed by atoms with van der Waals surface area (Å²) in [5, 5.41) is 25.7. The highest BCUT2D eigenvalue weighted by atomic mass is 32.7. The highest BCUT2D eigenvalue weighted by molar-refractivity contribution is 8.44. The Morgan fingerprint density at radius 1 is 0.481 bits per heavy atom. The number of imidazole rings is 2. The summed E-state index contributed by atoms with van der Waals surface area (Å²) in [6, 6.07) is 11.1. The number of aromatic nitrogens is 19. The number of hydrogen-bond acceptors (Lipinski definition) is 43. The zero-order chi connectivity index (χ0) is 95.2. The number of H-pyrrole nitrogens is 3.